The highest BCUT2D eigenvalue weighted by Crippen LogP contribution is 2.30. The van der Waals surface area contributed by atoms with E-state index in [1.165, 1.54) is 18.2 Å². The summed E-state index contributed by atoms with van der Waals surface area (Å²) in [5.74, 6) is -0.596. The lowest BCUT2D eigenvalue weighted by atomic mass is 9.78. The third-order valence-electron chi connectivity index (χ3n) is 5.56. The Morgan fingerprint density at radius 1 is 1.32 bits per heavy atom. The van der Waals surface area contributed by atoms with Gasteiger partial charge in [-0.3, -0.25) is 9.36 Å². The van der Waals surface area contributed by atoms with E-state index in [0.717, 1.165) is 23.8 Å². The first-order valence-electron chi connectivity index (χ1n) is 9.54. The van der Waals surface area contributed by atoms with Crippen molar-refractivity contribution in [1.29, 1.82) is 0 Å². The minimum atomic E-state index is -3.76. The summed E-state index contributed by atoms with van der Waals surface area (Å²) in [4.78, 5) is 23.8. The number of nitrogens with one attached hydrogen (secondary N) is 1. The van der Waals surface area contributed by atoms with Crippen molar-refractivity contribution in [2.75, 3.05) is 6.61 Å². The summed E-state index contributed by atoms with van der Waals surface area (Å²) in [6.07, 6.45) is 2.89. The van der Waals surface area contributed by atoms with Gasteiger partial charge in [0, 0.05) is 12.1 Å². The molecule has 1 saturated carbocycles. The van der Waals surface area contributed by atoms with Gasteiger partial charge in [0.1, 0.15) is 6.54 Å². The molecule has 0 radical (unpaired) electrons. The summed E-state index contributed by atoms with van der Waals surface area (Å²) < 4.78 is 39.6. The molecule has 0 amide bonds. The fourth-order valence-electron chi connectivity index (χ4n) is 3.71. The number of hydrogen-bond acceptors (Lipinski definition) is 6. The van der Waals surface area contributed by atoms with Gasteiger partial charge in [0.2, 0.25) is 10.0 Å². The van der Waals surface area contributed by atoms with Crippen LogP contribution >= 0.6 is 0 Å². The summed E-state index contributed by atoms with van der Waals surface area (Å²) in [5.41, 5.74) is 0.457. The Hall–Kier alpha value is -2.13. The average molecular weight is 410 g/mol. The maximum atomic E-state index is 12.8. The minimum Gasteiger partial charge on any atom is -0.465 e. The van der Waals surface area contributed by atoms with E-state index in [1.807, 2.05) is 0 Å². The third kappa shape index (κ3) is 4.15. The zero-order valence-corrected chi connectivity index (χ0v) is 17.1. The molecule has 1 aromatic carbocycles. The first-order chi connectivity index (χ1) is 13.2. The number of fused-ring (bicyclic) bond motifs is 1. The maximum Gasteiger partial charge on any atom is 0.420 e. The predicted octanol–water partition coefficient (Wildman–Crippen LogP) is 2.26. The average Bonchev–Trinajstić information content (AvgIpc) is 2.94. The topological polar surface area (TPSA) is 108 Å². The number of nitrogens with zero attached hydrogens (tertiary/aromatic N) is 1. The molecule has 1 aromatic heterocycles. The summed E-state index contributed by atoms with van der Waals surface area (Å²) in [6.45, 7) is 5.79. The van der Waals surface area contributed by atoms with Crippen LogP contribution in [0.25, 0.3) is 11.1 Å². The van der Waals surface area contributed by atoms with E-state index in [0.29, 0.717) is 11.4 Å². The number of sulfonamides is 1. The molecule has 3 atom stereocenters. The lowest BCUT2D eigenvalue weighted by molar-refractivity contribution is -0.143. The number of esters is 1. The van der Waals surface area contributed by atoms with Gasteiger partial charge in [-0.2, -0.15) is 0 Å². The van der Waals surface area contributed by atoms with E-state index in [4.69, 9.17) is 9.15 Å². The quantitative estimate of drug-likeness (QED) is 0.732. The second kappa shape index (κ2) is 8.08. The third-order valence-corrected chi connectivity index (χ3v) is 7.04. The second-order valence-electron chi connectivity index (χ2n) is 7.38. The van der Waals surface area contributed by atoms with Crippen LogP contribution in [0.1, 0.15) is 40.0 Å². The van der Waals surface area contributed by atoms with E-state index in [9.17, 15) is 18.0 Å². The Bertz CT molecular complexity index is 1020. The smallest absolute Gasteiger partial charge is 0.420 e. The number of hydrogen-bond donors (Lipinski definition) is 1. The molecule has 0 spiro atoms. The van der Waals surface area contributed by atoms with Crippen molar-refractivity contribution in [3.8, 4) is 0 Å². The molecule has 3 rings (SSSR count). The molecule has 1 fully saturated rings. The van der Waals surface area contributed by atoms with E-state index in [2.05, 4.69) is 18.6 Å². The van der Waals surface area contributed by atoms with Crippen LogP contribution in [-0.2, 0) is 26.1 Å². The number of rotatable bonds is 6. The zero-order valence-electron chi connectivity index (χ0n) is 16.3. The van der Waals surface area contributed by atoms with Crippen molar-refractivity contribution in [3.63, 3.8) is 0 Å². The number of benzene rings is 1. The molecule has 1 N–H and O–H groups in total. The van der Waals surface area contributed by atoms with Gasteiger partial charge in [0.05, 0.1) is 17.0 Å². The molecule has 28 heavy (non-hydrogen) atoms. The summed E-state index contributed by atoms with van der Waals surface area (Å²) in [5, 5.41) is 0. The largest absolute Gasteiger partial charge is 0.465 e. The van der Waals surface area contributed by atoms with Crippen molar-refractivity contribution in [2.45, 2.75) is 57.5 Å². The predicted molar refractivity (Wildman–Crippen MR) is 103 cm³/mol. The van der Waals surface area contributed by atoms with Crippen LogP contribution in [0.15, 0.2) is 32.3 Å². The van der Waals surface area contributed by atoms with Gasteiger partial charge >= 0.3 is 11.7 Å². The van der Waals surface area contributed by atoms with Gasteiger partial charge in [-0.05, 0) is 37.3 Å². The Labute approximate surface area is 163 Å². The standard InChI is InChI=1S/C19H26N2O6S/c1-4-26-18(22)11-21-16-9-8-14(10-17(16)27-19(21)23)28(24,25)20-15-7-5-6-12(2)13(15)3/h8-10,12-13,15,20H,4-7,11H2,1-3H3/t12-,13-,15-/m1/s1. The molecule has 2 aromatic rings. The van der Waals surface area contributed by atoms with Crippen LogP contribution in [-0.4, -0.2) is 31.6 Å². The molecule has 0 aliphatic heterocycles. The second-order valence-corrected chi connectivity index (χ2v) is 9.10. The molecule has 1 heterocycles. The molecular weight excluding hydrogens is 384 g/mol. The lowest BCUT2D eigenvalue weighted by Crippen LogP contribution is -2.43. The molecule has 0 bridgehead atoms. The molecule has 9 heteroatoms. The van der Waals surface area contributed by atoms with Crippen LogP contribution in [0.2, 0.25) is 0 Å². The van der Waals surface area contributed by atoms with Gasteiger partial charge < -0.3 is 9.15 Å². The minimum absolute atomic E-state index is 0.0301. The molecule has 154 valence electrons. The highest BCUT2D eigenvalue weighted by atomic mass is 32.2. The van der Waals surface area contributed by atoms with Gasteiger partial charge in [0.15, 0.2) is 5.58 Å². The summed E-state index contributed by atoms with van der Waals surface area (Å²) in [7, 11) is -3.76. The van der Waals surface area contributed by atoms with Crippen LogP contribution in [0.5, 0.6) is 0 Å². The van der Waals surface area contributed by atoms with Crippen molar-refractivity contribution < 1.29 is 22.4 Å². The Morgan fingerprint density at radius 2 is 2.07 bits per heavy atom. The fourth-order valence-corrected chi connectivity index (χ4v) is 5.09. The van der Waals surface area contributed by atoms with Crippen LogP contribution in [0.4, 0.5) is 0 Å². The number of carbonyl (C=O) groups is 1. The number of oxazole rings is 1. The molecule has 1 aliphatic carbocycles. The summed E-state index contributed by atoms with van der Waals surface area (Å²) in [6, 6.07) is 4.08. The normalized spacial score (nSPS) is 23.0. The van der Waals surface area contributed by atoms with E-state index in [1.54, 1.807) is 6.92 Å². The number of ether oxygens (including phenoxy) is 1. The Morgan fingerprint density at radius 3 is 2.79 bits per heavy atom. The van der Waals surface area contributed by atoms with Crippen LogP contribution in [0, 0.1) is 11.8 Å². The summed E-state index contributed by atoms with van der Waals surface area (Å²) >= 11 is 0. The lowest BCUT2D eigenvalue weighted by Gasteiger charge is -2.34. The maximum absolute atomic E-state index is 12.8. The van der Waals surface area contributed by atoms with Crippen molar-refractivity contribution >= 4 is 27.1 Å². The first-order valence-corrected chi connectivity index (χ1v) is 11.0. The number of aromatic nitrogens is 1. The van der Waals surface area contributed by atoms with Crippen LogP contribution in [0.3, 0.4) is 0 Å². The highest BCUT2D eigenvalue weighted by Gasteiger charge is 2.31. The van der Waals surface area contributed by atoms with Gasteiger partial charge in [-0.1, -0.05) is 26.7 Å². The van der Waals surface area contributed by atoms with E-state index < -0.39 is 21.7 Å². The number of carbonyl (C=O) groups excluding carboxylic acids is 1. The monoisotopic (exact) mass is 410 g/mol. The van der Waals surface area contributed by atoms with Gasteiger partial charge in [0.25, 0.3) is 0 Å². The molecule has 0 unspecified atom stereocenters. The highest BCUT2D eigenvalue weighted by molar-refractivity contribution is 7.89. The molecular formula is C19H26N2O6S. The van der Waals surface area contributed by atoms with Crippen molar-refractivity contribution in [3.05, 3.63) is 28.7 Å². The fraction of sp³-hybridized carbons (Fsp3) is 0.579. The Balaban J connectivity index is 1.87. The van der Waals surface area contributed by atoms with Gasteiger partial charge in [-0.15, -0.1) is 0 Å². The van der Waals surface area contributed by atoms with E-state index >= 15 is 0 Å². The Kier molecular flexibility index (Phi) is 5.95. The SMILES string of the molecule is CCOC(=O)Cn1c(=O)oc2cc(S(=O)(=O)N[C@@H]3CCC[C@@H](C)[C@H]3C)ccc21. The van der Waals surface area contributed by atoms with Crippen molar-refractivity contribution in [1.82, 2.24) is 9.29 Å². The van der Waals surface area contributed by atoms with E-state index in [-0.39, 0.29) is 35.6 Å². The zero-order chi connectivity index (χ0) is 20.5. The van der Waals surface area contributed by atoms with Crippen LogP contribution < -0.4 is 10.5 Å². The molecule has 0 saturated heterocycles. The van der Waals surface area contributed by atoms with Crippen molar-refractivity contribution in [2.24, 2.45) is 11.8 Å². The first kappa shape index (κ1) is 20.6. The van der Waals surface area contributed by atoms with Gasteiger partial charge in [-0.25, -0.2) is 17.9 Å². The molecule has 1 aliphatic rings. The molecule has 8 nitrogen and oxygen atoms in total.